The third kappa shape index (κ3) is 5.69. The number of carbonyl (C=O) groups is 2. The minimum atomic E-state index is -0.542. The number of hydrogen-bond donors (Lipinski definition) is 1. The van der Waals surface area contributed by atoms with Crippen molar-refractivity contribution in [3.63, 3.8) is 0 Å². The van der Waals surface area contributed by atoms with Crippen LogP contribution in [0.3, 0.4) is 0 Å². The Morgan fingerprint density at radius 3 is 2.71 bits per heavy atom. The van der Waals surface area contributed by atoms with Gasteiger partial charge in [-0.05, 0) is 45.8 Å². The van der Waals surface area contributed by atoms with Gasteiger partial charge in [0.1, 0.15) is 10.6 Å². The zero-order valence-corrected chi connectivity index (χ0v) is 22.3. The number of methoxy groups -OCH3 is 1. The first-order valence-electron chi connectivity index (χ1n) is 10.1. The molecule has 0 saturated heterocycles. The van der Waals surface area contributed by atoms with E-state index in [4.69, 9.17) is 20.8 Å². The van der Waals surface area contributed by atoms with Gasteiger partial charge in [-0.2, -0.15) is 0 Å². The molecule has 0 atom stereocenters. The molecule has 0 fully saturated rings. The number of allylic oxidation sites excluding steroid dienone is 1. The molecule has 8 nitrogen and oxygen atoms in total. The number of hydrogen-bond acceptors (Lipinski definition) is 8. The Hall–Kier alpha value is -2.86. The fourth-order valence-electron chi connectivity index (χ4n) is 3.20. The molecule has 1 amide bonds. The van der Waals surface area contributed by atoms with Crippen LogP contribution in [0.15, 0.2) is 68.7 Å². The summed E-state index contributed by atoms with van der Waals surface area (Å²) in [6.45, 7) is 4.22. The van der Waals surface area contributed by atoms with E-state index in [2.05, 4.69) is 38.0 Å². The summed E-state index contributed by atoms with van der Waals surface area (Å²) in [6.07, 6.45) is 1.71. The molecule has 0 spiro atoms. The van der Waals surface area contributed by atoms with Crippen molar-refractivity contribution in [2.24, 2.45) is 0 Å². The van der Waals surface area contributed by atoms with E-state index in [1.54, 1.807) is 52.4 Å². The van der Waals surface area contributed by atoms with Crippen LogP contribution in [0.2, 0.25) is 5.02 Å². The number of carbonyl (C=O) groups excluding carboxylic acids is 2. The molecule has 12 heteroatoms. The molecule has 0 aliphatic carbocycles. The highest BCUT2D eigenvalue weighted by molar-refractivity contribution is 9.10. The second kappa shape index (κ2) is 11.3. The topological polar surface area (TPSA) is 99.2 Å². The minimum Gasteiger partial charge on any atom is -0.465 e. The maximum absolute atomic E-state index is 12.8. The van der Waals surface area contributed by atoms with Gasteiger partial charge in [-0.25, -0.2) is 4.79 Å². The monoisotopic (exact) mass is 592 g/mol. The number of aromatic nitrogens is 3. The van der Waals surface area contributed by atoms with E-state index in [-0.39, 0.29) is 11.7 Å². The lowest BCUT2D eigenvalue weighted by Crippen LogP contribution is -2.16. The molecule has 0 unspecified atom stereocenters. The second-order valence-corrected chi connectivity index (χ2v) is 10.0. The molecule has 1 aromatic carbocycles. The van der Waals surface area contributed by atoms with Gasteiger partial charge in [-0.1, -0.05) is 41.6 Å². The van der Waals surface area contributed by atoms with Gasteiger partial charge in [0, 0.05) is 22.5 Å². The second-order valence-electron chi connectivity index (χ2n) is 7.00. The van der Waals surface area contributed by atoms with E-state index >= 15 is 0 Å². The Morgan fingerprint density at radius 2 is 2.06 bits per heavy atom. The van der Waals surface area contributed by atoms with Crippen molar-refractivity contribution in [1.29, 1.82) is 0 Å². The van der Waals surface area contributed by atoms with E-state index in [0.29, 0.717) is 49.1 Å². The van der Waals surface area contributed by atoms with Crippen LogP contribution >= 0.6 is 50.6 Å². The summed E-state index contributed by atoms with van der Waals surface area (Å²) in [5, 5.41) is 14.5. The molecule has 4 rings (SSSR count). The van der Waals surface area contributed by atoms with E-state index in [0.717, 1.165) is 5.56 Å². The molecular formula is C23H18BrClN4O4S2. The van der Waals surface area contributed by atoms with E-state index in [1.807, 2.05) is 0 Å². The summed E-state index contributed by atoms with van der Waals surface area (Å²) >= 11 is 11.7. The zero-order valence-electron chi connectivity index (χ0n) is 18.3. The average Bonchev–Trinajstić information content (AvgIpc) is 3.57. The lowest BCUT2D eigenvalue weighted by molar-refractivity contribution is -0.113. The van der Waals surface area contributed by atoms with Crippen LogP contribution in [0.4, 0.5) is 5.00 Å². The molecule has 0 aliphatic heterocycles. The molecule has 180 valence electrons. The first-order valence-corrected chi connectivity index (χ1v) is 13.1. The van der Waals surface area contributed by atoms with Gasteiger partial charge in [-0.15, -0.1) is 28.1 Å². The number of anilines is 1. The van der Waals surface area contributed by atoms with Gasteiger partial charge in [0.05, 0.1) is 12.9 Å². The van der Waals surface area contributed by atoms with Gasteiger partial charge >= 0.3 is 5.97 Å². The van der Waals surface area contributed by atoms with Crippen molar-refractivity contribution >= 4 is 67.5 Å². The van der Waals surface area contributed by atoms with Crippen molar-refractivity contribution in [2.75, 3.05) is 18.2 Å². The van der Waals surface area contributed by atoms with Crippen LogP contribution in [-0.4, -0.2) is 39.5 Å². The number of thiophene rings is 1. The molecular weight excluding hydrogens is 576 g/mol. The minimum absolute atomic E-state index is 0.0475. The van der Waals surface area contributed by atoms with Crippen molar-refractivity contribution in [3.8, 4) is 22.7 Å². The normalized spacial score (nSPS) is 10.8. The molecule has 1 N–H and O–H groups in total. The van der Waals surface area contributed by atoms with Crippen molar-refractivity contribution < 1.29 is 18.7 Å². The fraction of sp³-hybridized carbons (Fsp3) is 0.130. The third-order valence-electron chi connectivity index (χ3n) is 4.74. The standard InChI is InChI=1S/C23H18BrClN4O4S2/c1-3-10-29-20(16-8-9-17(24)33-16)27-28-23(29)35-12-18(30)26-21-19(22(31)32-2)15(11-34-21)13-4-6-14(25)7-5-13/h3-9,11H,1,10,12H2,2H3,(H,26,30). The number of nitrogens with one attached hydrogen (secondary N) is 1. The maximum Gasteiger partial charge on any atom is 0.341 e. The van der Waals surface area contributed by atoms with Crippen LogP contribution < -0.4 is 5.32 Å². The number of esters is 1. The van der Waals surface area contributed by atoms with E-state index in [9.17, 15) is 9.59 Å². The number of halogens is 2. The molecule has 0 radical (unpaired) electrons. The quantitative estimate of drug-likeness (QED) is 0.136. The number of ether oxygens (including phenoxy) is 1. The summed E-state index contributed by atoms with van der Waals surface area (Å²) in [6, 6.07) is 10.6. The average molecular weight is 594 g/mol. The highest BCUT2D eigenvalue weighted by atomic mass is 79.9. The Labute approximate surface area is 222 Å². The van der Waals surface area contributed by atoms with Crippen LogP contribution in [0.1, 0.15) is 10.4 Å². The van der Waals surface area contributed by atoms with Crippen molar-refractivity contribution in [1.82, 2.24) is 14.8 Å². The summed E-state index contributed by atoms with van der Waals surface area (Å²) in [4.78, 5) is 25.3. The third-order valence-corrected chi connectivity index (χ3v) is 7.28. The predicted molar refractivity (Wildman–Crippen MR) is 141 cm³/mol. The number of nitrogens with zero attached hydrogens (tertiary/aromatic N) is 3. The number of rotatable bonds is 9. The molecule has 0 saturated carbocycles. The Bertz CT molecular complexity index is 1380. The van der Waals surface area contributed by atoms with Crippen molar-refractivity contribution in [3.05, 3.63) is 69.7 Å². The number of amides is 1. The van der Waals surface area contributed by atoms with E-state index in [1.165, 1.54) is 30.2 Å². The molecule has 0 bridgehead atoms. The highest BCUT2D eigenvalue weighted by Gasteiger charge is 2.23. The fourth-order valence-corrected chi connectivity index (χ4v) is 5.35. The number of benzene rings is 1. The lowest BCUT2D eigenvalue weighted by Gasteiger charge is -2.08. The van der Waals surface area contributed by atoms with Crippen LogP contribution in [-0.2, 0) is 16.1 Å². The van der Waals surface area contributed by atoms with Gasteiger partial charge in [0.2, 0.25) is 11.7 Å². The van der Waals surface area contributed by atoms with Crippen LogP contribution in [0.5, 0.6) is 0 Å². The largest absolute Gasteiger partial charge is 0.465 e. The predicted octanol–water partition coefficient (Wildman–Crippen LogP) is 6.39. The van der Waals surface area contributed by atoms with Gasteiger partial charge in [-0.3, -0.25) is 9.36 Å². The summed E-state index contributed by atoms with van der Waals surface area (Å²) in [5.74, 6) is 0.265. The van der Waals surface area contributed by atoms with Gasteiger partial charge in [0.25, 0.3) is 0 Å². The molecule has 4 aromatic rings. The van der Waals surface area contributed by atoms with Gasteiger partial charge in [0.15, 0.2) is 15.6 Å². The highest BCUT2D eigenvalue weighted by Crippen LogP contribution is 2.37. The van der Waals surface area contributed by atoms with Crippen LogP contribution in [0.25, 0.3) is 22.7 Å². The maximum atomic E-state index is 12.8. The summed E-state index contributed by atoms with van der Waals surface area (Å²) < 4.78 is 12.9. The first-order chi connectivity index (χ1) is 16.9. The number of furan rings is 1. The lowest BCUT2D eigenvalue weighted by atomic mass is 10.0. The first kappa shape index (κ1) is 25.2. The Morgan fingerprint density at radius 1 is 1.29 bits per heavy atom. The summed E-state index contributed by atoms with van der Waals surface area (Å²) in [5.41, 5.74) is 1.73. The van der Waals surface area contributed by atoms with Crippen LogP contribution in [0, 0.1) is 0 Å². The Kier molecular flexibility index (Phi) is 8.11. The molecule has 3 heterocycles. The molecule has 35 heavy (non-hydrogen) atoms. The van der Waals surface area contributed by atoms with E-state index < -0.39 is 5.97 Å². The smallest absolute Gasteiger partial charge is 0.341 e. The zero-order chi connectivity index (χ0) is 24.9. The molecule has 3 aromatic heterocycles. The van der Waals surface area contributed by atoms with Gasteiger partial charge < -0.3 is 14.5 Å². The molecule has 0 aliphatic rings. The van der Waals surface area contributed by atoms with Crippen molar-refractivity contribution in [2.45, 2.75) is 11.7 Å². The SMILES string of the molecule is C=CCn1c(SCC(=O)Nc2scc(-c3ccc(Cl)cc3)c2C(=O)OC)nnc1-c1ccc(Br)o1. The summed E-state index contributed by atoms with van der Waals surface area (Å²) in [7, 11) is 1.30. The Balaban J connectivity index is 1.51. The number of thioether (sulfide) groups is 1.